The van der Waals surface area contributed by atoms with Gasteiger partial charge in [0, 0.05) is 32.2 Å². The number of urea groups is 1. The van der Waals surface area contributed by atoms with E-state index in [1.807, 2.05) is 24.3 Å². The van der Waals surface area contributed by atoms with Gasteiger partial charge in [0.1, 0.15) is 24.5 Å². The maximum atomic E-state index is 13.7. The maximum Gasteiger partial charge on any atom is 0.418 e. The number of piperidine rings is 2. The van der Waals surface area contributed by atoms with Gasteiger partial charge in [0.15, 0.2) is 0 Å². The summed E-state index contributed by atoms with van der Waals surface area (Å²) >= 11 is 0. The van der Waals surface area contributed by atoms with Crippen LogP contribution in [-0.4, -0.2) is 67.3 Å². The van der Waals surface area contributed by atoms with Crippen molar-refractivity contribution in [2.24, 2.45) is 5.92 Å². The van der Waals surface area contributed by atoms with Crippen LogP contribution in [0.4, 0.5) is 19.7 Å². The van der Waals surface area contributed by atoms with Crippen LogP contribution in [0.5, 0.6) is 0 Å². The number of carbonyl (C=O) groups excluding carboxylic acids is 2. The van der Waals surface area contributed by atoms with Crippen molar-refractivity contribution in [3.05, 3.63) is 65.0 Å². The molecule has 38 heavy (non-hydrogen) atoms. The third-order valence-corrected chi connectivity index (χ3v) is 8.09. The number of nitrogens with zero attached hydrogens (tertiary/aromatic N) is 4. The highest BCUT2D eigenvalue weighted by atomic mass is 19.1. The molecule has 0 bridgehead atoms. The van der Waals surface area contributed by atoms with E-state index in [0.717, 1.165) is 56.6 Å². The normalized spacial score (nSPS) is 20.9. The highest BCUT2D eigenvalue weighted by molar-refractivity contribution is 5.92. The smallest absolute Gasteiger partial charge is 0.418 e. The van der Waals surface area contributed by atoms with Gasteiger partial charge < -0.3 is 19.9 Å². The maximum absolute atomic E-state index is 13.7. The Bertz CT molecular complexity index is 1210. The van der Waals surface area contributed by atoms with Crippen molar-refractivity contribution in [2.75, 3.05) is 44.2 Å². The molecule has 3 heterocycles. The number of cyclic esters (lactones) is 1. The van der Waals surface area contributed by atoms with Crippen molar-refractivity contribution in [1.29, 1.82) is 5.26 Å². The predicted molar refractivity (Wildman–Crippen MR) is 141 cm³/mol. The number of anilines is 1. The third-order valence-electron chi connectivity index (χ3n) is 8.09. The zero-order chi connectivity index (χ0) is 26.6. The molecule has 3 aliphatic rings. The standard InChI is InChI=1S/C29H34FN5O3/c1-20-16-22(6-7-25(20)30)27-19-38-29(37)35(27)28(36)34-12-8-21(9-13-34)18-32-24-10-14-33(15-11-24)26-5-3-2-4-23(26)17-31/h2-7,16,21,24,27,32H,8-15,18-19H2,1H3/t27-/m1/s1. The molecule has 0 spiro atoms. The first-order valence-electron chi connectivity index (χ1n) is 13.4. The summed E-state index contributed by atoms with van der Waals surface area (Å²) < 4.78 is 18.9. The number of nitrogens with one attached hydrogen (secondary N) is 1. The Kier molecular flexibility index (Phi) is 7.79. The second kappa shape index (κ2) is 11.4. The quantitative estimate of drug-likeness (QED) is 0.622. The lowest BCUT2D eigenvalue weighted by Gasteiger charge is -2.37. The number of imide groups is 1. The zero-order valence-corrected chi connectivity index (χ0v) is 21.7. The third kappa shape index (κ3) is 5.46. The summed E-state index contributed by atoms with van der Waals surface area (Å²) in [5, 5.41) is 13.1. The molecule has 8 nitrogen and oxygen atoms in total. The Morgan fingerprint density at radius 1 is 1.11 bits per heavy atom. The van der Waals surface area contributed by atoms with E-state index in [1.165, 1.54) is 11.0 Å². The molecule has 5 rings (SSSR count). The molecule has 3 saturated heterocycles. The van der Waals surface area contributed by atoms with Gasteiger partial charge in [-0.3, -0.25) is 0 Å². The molecule has 0 saturated carbocycles. The molecule has 0 radical (unpaired) electrons. The summed E-state index contributed by atoms with van der Waals surface area (Å²) in [4.78, 5) is 30.9. The van der Waals surface area contributed by atoms with E-state index < -0.39 is 12.1 Å². The molecule has 0 aromatic heterocycles. The number of para-hydroxylation sites is 1. The summed E-state index contributed by atoms with van der Waals surface area (Å²) in [5.74, 6) is 0.153. The molecule has 3 aliphatic heterocycles. The van der Waals surface area contributed by atoms with E-state index in [4.69, 9.17) is 4.74 Å². The Labute approximate surface area is 222 Å². The van der Waals surface area contributed by atoms with Gasteiger partial charge in [-0.05, 0) is 74.4 Å². The molecule has 9 heteroatoms. The fraction of sp³-hybridized carbons (Fsp3) is 0.483. The van der Waals surface area contributed by atoms with Crippen molar-refractivity contribution < 1.29 is 18.7 Å². The first-order valence-corrected chi connectivity index (χ1v) is 13.4. The van der Waals surface area contributed by atoms with Crippen LogP contribution in [0, 0.1) is 30.0 Å². The second-order valence-corrected chi connectivity index (χ2v) is 10.5. The number of rotatable bonds is 5. The fourth-order valence-corrected chi connectivity index (χ4v) is 5.74. The van der Waals surface area contributed by atoms with Crippen LogP contribution in [0.2, 0.25) is 0 Å². The van der Waals surface area contributed by atoms with Crippen molar-refractivity contribution in [3.63, 3.8) is 0 Å². The van der Waals surface area contributed by atoms with Gasteiger partial charge in [-0.1, -0.05) is 24.3 Å². The number of halogens is 1. The lowest BCUT2D eigenvalue weighted by Crippen LogP contribution is -2.49. The molecule has 1 atom stereocenters. The van der Waals surface area contributed by atoms with Crippen LogP contribution >= 0.6 is 0 Å². The van der Waals surface area contributed by atoms with Crippen LogP contribution in [-0.2, 0) is 4.74 Å². The number of benzene rings is 2. The SMILES string of the molecule is Cc1cc([C@H]2COC(=O)N2C(=O)N2CCC(CNC3CCN(c4ccccc4C#N)CC3)CC2)ccc1F. The fourth-order valence-electron chi connectivity index (χ4n) is 5.74. The van der Waals surface area contributed by atoms with E-state index in [-0.39, 0.29) is 18.5 Å². The summed E-state index contributed by atoms with van der Waals surface area (Å²) in [6, 6.07) is 14.3. The molecule has 2 aromatic carbocycles. The van der Waals surface area contributed by atoms with Crippen LogP contribution in [0.15, 0.2) is 42.5 Å². The van der Waals surface area contributed by atoms with Gasteiger partial charge in [0.05, 0.1) is 11.3 Å². The average molecular weight is 520 g/mol. The van der Waals surface area contributed by atoms with Crippen LogP contribution in [0.1, 0.15) is 48.4 Å². The number of nitriles is 1. The van der Waals surface area contributed by atoms with Gasteiger partial charge in [0.2, 0.25) is 0 Å². The van der Waals surface area contributed by atoms with Crippen molar-refractivity contribution in [2.45, 2.75) is 44.7 Å². The highest BCUT2D eigenvalue weighted by Crippen LogP contribution is 2.31. The predicted octanol–water partition coefficient (Wildman–Crippen LogP) is 4.59. The topological polar surface area (TPSA) is 88.9 Å². The highest BCUT2D eigenvalue weighted by Gasteiger charge is 2.42. The first kappa shape index (κ1) is 26.0. The Morgan fingerprint density at radius 3 is 2.55 bits per heavy atom. The number of hydrogen-bond acceptors (Lipinski definition) is 6. The van der Waals surface area contributed by atoms with Crippen LogP contribution in [0.3, 0.4) is 0 Å². The largest absolute Gasteiger partial charge is 0.446 e. The molecule has 2 aromatic rings. The van der Waals surface area contributed by atoms with Crippen LogP contribution < -0.4 is 10.2 Å². The van der Waals surface area contributed by atoms with Gasteiger partial charge in [0.25, 0.3) is 0 Å². The van der Waals surface area contributed by atoms with E-state index in [1.54, 1.807) is 24.0 Å². The van der Waals surface area contributed by atoms with E-state index >= 15 is 0 Å². The number of ether oxygens (including phenoxy) is 1. The van der Waals surface area contributed by atoms with Gasteiger partial charge in [-0.15, -0.1) is 0 Å². The molecular weight excluding hydrogens is 485 g/mol. The Morgan fingerprint density at radius 2 is 1.84 bits per heavy atom. The monoisotopic (exact) mass is 519 g/mol. The van der Waals surface area contributed by atoms with Gasteiger partial charge >= 0.3 is 12.1 Å². The second-order valence-electron chi connectivity index (χ2n) is 10.5. The van der Waals surface area contributed by atoms with E-state index in [2.05, 4.69) is 16.3 Å². The minimum absolute atomic E-state index is 0.0803. The van der Waals surface area contributed by atoms with Crippen molar-refractivity contribution >= 4 is 17.8 Å². The molecule has 200 valence electrons. The number of aryl methyl sites for hydroxylation is 1. The van der Waals surface area contributed by atoms with Crippen LogP contribution in [0.25, 0.3) is 0 Å². The summed E-state index contributed by atoms with van der Waals surface area (Å²) in [6.45, 7) is 5.68. The molecular formula is C29H34FN5O3. The van der Waals surface area contributed by atoms with E-state index in [0.29, 0.717) is 36.2 Å². The Hall–Kier alpha value is -3.64. The van der Waals surface area contributed by atoms with Crippen molar-refractivity contribution in [1.82, 2.24) is 15.1 Å². The first-order chi connectivity index (χ1) is 18.4. The summed E-state index contributed by atoms with van der Waals surface area (Å²) in [7, 11) is 0. The Balaban J connectivity index is 1.09. The number of carbonyl (C=O) groups is 2. The van der Waals surface area contributed by atoms with Gasteiger partial charge in [-0.25, -0.2) is 18.9 Å². The number of amides is 3. The molecule has 1 N–H and O–H groups in total. The molecule has 3 amide bonds. The lowest BCUT2D eigenvalue weighted by atomic mass is 9.95. The molecule has 0 aliphatic carbocycles. The lowest BCUT2D eigenvalue weighted by molar-refractivity contribution is 0.126. The minimum Gasteiger partial charge on any atom is -0.446 e. The average Bonchev–Trinajstić information content (AvgIpc) is 3.34. The summed E-state index contributed by atoms with van der Waals surface area (Å²) in [5.41, 5.74) is 2.91. The minimum atomic E-state index is -0.644. The molecule has 3 fully saturated rings. The number of hydrogen-bond donors (Lipinski definition) is 1. The summed E-state index contributed by atoms with van der Waals surface area (Å²) in [6.07, 6.45) is 3.15. The van der Waals surface area contributed by atoms with E-state index in [9.17, 15) is 19.2 Å². The van der Waals surface area contributed by atoms with Crippen molar-refractivity contribution in [3.8, 4) is 6.07 Å². The zero-order valence-electron chi connectivity index (χ0n) is 21.7. The molecule has 0 unspecified atom stereocenters. The number of likely N-dealkylation sites (tertiary alicyclic amines) is 1. The van der Waals surface area contributed by atoms with Gasteiger partial charge in [-0.2, -0.15) is 5.26 Å².